The van der Waals surface area contributed by atoms with Crippen LogP contribution < -0.4 is 14.8 Å². The van der Waals surface area contributed by atoms with Gasteiger partial charge in [-0.15, -0.1) is 0 Å². The summed E-state index contributed by atoms with van der Waals surface area (Å²) in [7, 11) is 1.64. The molecule has 3 fully saturated rings. The first kappa shape index (κ1) is 23.3. The fourth-order valence-corrected chi connectivity index (χ4v) is 4.99. The molecule has 1 aromatic rings. The molecule has 0 radical (unpaired) electrons. The number of rotatable bonds is 8. The lowest BCUT2D eigenvalue weighted by Crippen LogP contribution is -2.43. The molecular weight excluding hydrogens is 410 g/mol. The van der Waals surface area contributed by atoms with Gasteiger partial charge < -0.3 is 24.6 Å². The molecule has 1 aromatic carbocycles. The first-order chi connectivity index (χ1) is 15.5. The Morgan fingerprint density at radius 1 is 1.16 bits per heavy atom. The van der Waals surface area contributed by atoms with Gasteiger partial charge >= 0.3 is 0 Å². The second-order valence-electron chi connectivity index (χ2n) is 9.26. The maximum absolute atomic E-state index is 11.5. The molecule has 178 valence electrons. The minimum atomic E-state index is -0.633. The number of hydrogen-bond donors (Lipinski definition) is 2. The van der Waals surface area contributed by atoms with E-state index < -0.39 is 6.10 Å². The number of nitrogens with zero attached hydrogens (tertiary/aromatic N) is 2. The monoisotopic (exact) mass is 447 g/mol. The molecule has 4 rings (SSSR count). The number of benzene rings is 1. The van der Waals surface area contributed by atoms with Crippen LogP contribution in [0.15, 0.2) is 18.2 Å². The second-order valence-corrected chi connectivity index (χ2v) is 9.26. The van der Waals surface area contributed by atoms with Gasteiger partial charge in [0.25, 0.3) is 0 Å². The fraction of sp³-hybridized carbons (Fsp3) is 0.708. The third kappa shape index (κ3) is 6.13. The number of likely N-dealkylation sites (tertiary alicyclic amines) is 1. The Morgan fingerprint density at radius 3 is 2.75 bits per heavy atom. The van der Waals surface area contributed by atoms with E-state index in [0.29, 0.717) is 37.6 Å². The van der Waals surface area contributed by atoms with E-state index in [1.165, 1.54) is 18.4 Å². The van der Waals surface area contributed by atoms with Crippen molar-refractivity contribution in [1.29, 1.82) is 0 Å². The van der Waals surface area contributed by atoms with Gasteiger partial charge in [0.1, 0.15) is 12.7 Å². The van der Waals surface area contributed by atoms with Gasteiger partial charge in [0.2, 0.25) is 5.91 Å². The summed E-state index contributed by atoms with van der Waals surface area (Å²) in [6, 6.07) is 6.04. The van der Waals surface area contributed by atoms with Crippen molar-refractivity contribution >= 4 is 5.91 Å². The Labute approximate surface area is 190 Å². The molecule has 1 spiro atoms. The Balaban J connectivity index is 1.25. The van der Waals surface area contributed by atoms with E-state index in [-0.39, 0.29) is 18.1 Å². The number of amides is 1. The summed E-state index contributed by atoms with van der Waals surface area (Å²) in [5.74, 6) is 1.39. The Bertz CT molecular complexity index is 758. The molecule has 1 unspecified atom stereocenters. The van der Waals surface area contributed by atoms with E-state index in [9.17, 15) is 9.90 Å². The summed E-state index contributed by atoms with van der Waals surface area (Å²) in [6.07, 6.45) is 4.47. The Kier molecular flexibility index (Phi) is 7.88. The summed E-state index contributed by atoms with van der Waals surface area (Å²) in [5, 5.41) is 13.3. The number of aliphatic hydroxyl groups is 1. The molecule has 3 heterocycles. The van der Waals surface area contributed by atoms with Crippen molar-refractivity contribution in [3.05, 3.63) is 23.8 Å². The van der Waals surface area contributed by atoms with Crippen LogP contribution in [0.4, 0.5) is 0 Å². The molecule has 0 aliphatic carbocycles. The van der Waals surface area contributed by atoms with E-state index in [2.05, 4.69) is 21.2 Å². The zero-order valence-electron chi connectivity index (χ0n) is 19.2. The van der Waals surface area contributed by atoms with Gasteiger partial charge in [-0.1, -0.05) is 6.07 Å². The molecule has 0 aromatic heterocycles. The van der Waals surface area contributed by atoms with Crippen molar-refractivity contribution in [2.75, 3.05) is 59.6 Å². The van der Waals surface area contributed by atoms with Crippen molar-refractivity contribution in [2.45, 2.75) is 50.4 Å². The van der Waals surface area contributed by atoms with Crippen molar-refractivity contribution in [2.24, 2.45) is 0 Å². The van der Waals surface area contributed by atoms with Crippen LogP contribution in [-0.2, 0) is 16.1 Å². The molecule has 8 nitrogen and oxygen atoms in total. The number of carbonyl (C=O) groups excluding carboxylic acids is 1. The molecule has 32 heavy (non-hydrogen) atoms. The van der Waals surface area contributed by atoms with Crippen molar-refractivity contribution in [3.8, 4) is 11.5 Å². The predicted octanol–water partition coefficient (Wildman–Crippen LogP) is 1.40. The third-order valence-electron chi connectivity index (χ3n) is 6.89. The molecule has 0 saturated carbocycles. The number of ether oxygens (including phenoxy) is 3. The summed E-state index contributed by atoms with van der Waals surface area (Å²) in [5.41, 5.74) is 1.34. The minimum Gasteiger partial charge on any atom is -0.493 e. The number of piperidine rings is 1. The SMILES string of the molecule is COc1cc(CN2CCC3(CCCO3)CC2)ccc1OCC(O)CN1CCNC(=O)CC1. The largest absolute Gasteiger partial charge is 0.493 e. The molecule has 2 N–H and O–H groups in total. The molecule has 0 bridgehead atoms. The zero-order valence-corrected chi connectivity index (χ0v) is 19.2. The number of β-amino-alcohol motifs (C(OH)–C–C–N with tert-alkyl or cyclic N) is 1. The highest BCUT2D eigenvalue weighted by atomic mass is 16.5. The number of methoxy groups -OCH3 is 1. The van der Waals surface area contributed by atoms with Crippen LogP contribution in [0.5, 0.6) is 11.5 Å². The smallest absolute Gasteiger partial charge is 0.221 e. The van der Waals surface area contributed by atoms with Crippen molar-refractivity contribution < 1.29 is 24.1 Å². The lowest BCUT2D eigenvalue weighted by molar-refractivity contribution is -0.120. The van der Waals surface area contributed by atoms with E-state index in [1.54, 1.807) is 7.11 Å². The topological polar surface area (TPSA) is 83.5 Å². The van der Waals surface area contributed by atoms with Crippen LogP contribution in [0.2, 0.25) is 0 Å². The molecule has 3 aliphatic rings. The standard InChI is InChI=1S/C24H37N3O5/c1-30-22-15-19(16-27-11-7-24(8-12-27)6-2-14-32-24)3-4-21(22)31-18-20(28)17-26-10-5-23(29)25-9-13-26/h3-4,15,20,28H,2,5-14,16-18H2,1H3,(H,25,29). The van der Waals surface area contributed by atoms with Crippen LogP contribution in [0, 0.1) is 0 Å². The summed E-state index contributed by atoms with van der Waals surface area (Å²) in [6.45, 7) is 6.60. The highest BCUT2D eigenvalue weighted by molar-refractivity contribution is 5.76. The van der Waals surface area contributed by atoms with E-state index in [1.807, 2.05) is 12.1 Å². The van der Waals surface area contributed by atoms with E-state index >= 15 is 0 Å². The maximum Gasteiger partial charge on any atom is 0.221 e. The quantitative estimate of drug-likeness (QED) is 0.623. The molecule has 3 aliphatic heterocycles. The maximum atomic E-state index is 11.5. The normalized spacial score (nSPS) is 23.0. The summed E-state index contributed by atoms with van der Waals surface area (Å²) in [4.78, 5) is 16.0. The van der Waals surface area contributed by atoms with Gasteiger partial charge in [-0.3, -0.25) is 14.6 Å². The molecule has 1 atom stereocenters. The average molecular weight is 448 g/mol. The summed E-state index contributed by atoms with van der Waals surface area (Å²) >= 11 is 0. The van der Waals surface area contributed by atoms with Crippen LogP contribution >= 0.6 is 0 Å². The first-order valence-corrected chi connectivity index (χ1v) is 11.9. The minimum absolute atomic E-state index is 0.0685. The highest BCUT2D eigenvalue weighted by Crippen LogP contribution is 2.36. The van der Waals surface area contributed by atoms with Gasteiger partial charge in [-0.2, -0.15) is 0 Å². The van der Waals surface area contributed by atoms with Crippen LogP contribution in [-0.4, -0.2) is 92.1 Å². The van der Waals surface area contributed by atoms with Gasteiger partial charge in [0, 0.05) is 58.8 Å². The number of hydrogen-bond acceptors (Lipinski definition) is 7. The number of carbonyl (C=O) groups is 1. The van der Waals surface area contributed by atoms with E-state index in [4.69, 9.17) is 14.2 Å². The van der Waals surface area contributed by atoms with Gasteiger partial charge in [0.05, 0.1) is 12.7 Å². The zero-order chi connectivity index (χ0) is 22.4. The fourth-order valence-electron chi connectivity index (χ4n) is 4.99. The van der Waals surface area contributed by atoms with Gasteiger partial charge in [-0.25, -0.2) is 0 Å². The molecule has 8 heteroatoms. The van der Waals surface area contributed by atoms with Crippen LogP contribution in [0.1, 0.15) is 37.7 Å². The Morgan fingerprint density at radius 2 is 2.00 bits per heavy atom. The summed E-state index contributed by atoms with van der Waals surface area (Å²) < 4.78 is 17.5. The molecular formula is C24H37N3O5. The lowest BCUT2D eigenvalue weighted by Gasteiger charge is -2.38. The second kappa shape index (κ2) is 10.8. The molecule has 1 amide bonds. The van der Waals surface area contributed by atoms with Crippen molar-refractivity contribution in [3.63, 3.8) is 0 Å². The van der Waals surface area contributed by atoms with Crippen molar-refractivity contribution in [1.82, 2.24) is 15.1 Å². The number of nitrogens with one attached hydrogen (secondary N) is 1. The van der Waals surface area contributed by atoms with Gasteiger partial charge in [-0.05, 0) is 43.4 Å². The highest BCUT2D eigenvalue weighted by Gasteiger charge is 2.38. The van der Waals surface area contributed by atoms with Gasteiger partial charge in [0.15, 0.2) is 11.5 Å². The first-order valence-electron chi connectivity index (χ1n) is 11.9. The van der Waals surface area contributed by atoms with Crippen LogP contribution in [0.25, 0.3) is 0 Å². The average Bonchev–Trinajstić information content (AvgIpc) is 3.16. The number of aliphatic hydroxyl groups excluding tert-OH is 1. The van der Waals surface area contributed by atoms with E-state index in [0.717, 1.165) is 45.6 Å². The van der Waals surface area contributed by atoms with Crippen LogP contribution in [0.3, 0.4) is 0 Å². The predicted molar refractivity (Wildman–Crippen MR) is 121 cm³/mol. The Hall–Kier alpha value is -1.87. The molecule has 3 saturated heterocycles. The third-order valence-corrected chi connectivity index (χ3v) is 6.89. The lowest BCUT2D eigenvalue weighted by atomic mass is 9.88.